The van der Waals surface area contributed by atoms with Crippen LogP contribution in [-0.4, -0.2) is 58.9 Å². The van der Waals surface area contributed by atoms with E-state index in [1.165, 1.54) is 4.90 Å². The molecule has 1 aromatic heterocycles. The van der Waals surface area contributed by atoms with Gasteiger partial charge < -0.3 is 9.73 Å². The standard InChI is InChI=1S/C18H22N4O3/c1-12(17(23)22-11-8-19-18(22)24)21-9-6-13(7-10-21)16-20-14-4-2-3-5-15(14)25-16/h2-5,12-13H,6-11H2,1H3,(H,19,24). The quantitative estimate of drug-likeness (QED) is 0.922. The van der Waals surface area contributed by atoms with Crippen LogP contribution in [0.25, 0.3) is 11.1 Å². The van der Waals surface area contributed by atoms with Crippen LogP contribution >= 0.6 is 0 Å². The maximum atomic E-state index is 12.5. The van der Waals surface area contributed by atoms with Crippen molar-refractivity contribution in [3.63, 3.8) is 0 Å². The monoisotopic (exact) mass is 342 g/mol. The zero-order valence-electron chi connectivity index (χ0n) is 14.3. The molecule has 0 bridgehead atoms. The van der Waals surface area contributed by atoms with Crippen LogP contribution < -0.4 is 5.32 Å². The number of piperidine rings is 1. The van der Waals surface area contributed by atoms with Gasteiger partial charge in [-0.2, -0.15) is 0 Å². The number of nitrogens with one attached hydrogen (secondary N) is 1. The first-order chi connectivity index (χ1) is 12.1. The smallest absolute Gasteiger partial charge is 0.324 e. The zero-order chi connectivity index (χ0) is 17.4. The fourth-order valence-electron chi connectivity index (χ4n) is 3.66. The molecule has 2 fully saturated rings. The Bertz CT molecular complexity index is 761. The Morgan fingerprint density at radius 2 is 2.04 bits per heavy atom. The van der Waals surface area contributed by atoms with Crippen molar-refractivity contribution in [1.29, 1.82) is 0 Å². The number of hydrogen-bond acceptors (Lipinski definition) is 5. The van der Waals surface area contributed by atoms with Crippen LogP contribution in [0, 0.1) is 0 Å². The average Bonchev–Trinajstić information content (AvgIpc) is 3.26. The molecule has 2 aliphatic heterocycles. The summed E-state index contributed by atoms with van der Waals surface area (Å²) >= 11 is 0. The number of urea groups is 1. The zero-order valence-corrected chi connectivity index (χ0v) is 14.3. The molecule has 0 saturated carbocycles. The summed E-state index contributed by atoms with van der Waals surface area (Å²) < 4.78 is 5.89. The van der Waals surface area contributed by atoms with Crippen molar-refractivity contribution in [1.82, 2.24) is 20.1 Å². The predicted molar refractivity (Wildman–Crippen MR) is 92.1 cm³/mol. The molecule has 4 rings (SSSR count). The van der Waals surface area contributed by atoms with Crippen molar-refractivity contribution < 1.29 is 14.0 Å². The molecule has 2 aromatic rings. The fourth-order valence-corrected chi connectivity index (χ4v) is 3.66. The molecular weight excluding hydrogens is 320 g/mol. The SMILES string of the molecule is CC(C(=O)N1CCNC1=O)N1CCC(c2nc3ccccc3o2)CC1. The van der Waals surface area contributed by atoms with Crippen LogP contribution in [0.4, 0.5) is 4.79 Å². The first kappa shape index (κ1) is 16.1. The molecule has 3 heterocycles. The summed E-state index contributed by atoms with van der Waals surface area (Å²) in [6, 6.07) is 7.23. The van der Waals surface area contributed by atoms with E-state index in [4.69, 9.17) is 4.42 Å². The molecule has 7 nitrogen and oxygen atoms in total. The lowest BCUT2D eigenvalue weighted by atomic mass is 9.95. The van der Waals surface area contributed by atoms with Crippen LogP contribution in [0.2, 0.25) is 0 Å². The highest BCUT2D eigenvalue weighted by Crippen LogP contribution is 2.30. The highest BCUT2D eigenvalue weighted by Gasteiger charge is 2.35. The van der Waals surface area contributed by atoms with Gasteiger partial charge in [0, 0.05) is 19.0 Å². The summed E-state index contributed by atoms with van der Waals surface area (Å²) in [6.07, 6.45) is 1.80. The Hall–Kier alpha value is -2.41. The van der Waals surface area contributed by atoms with E-state index in [2.05, 4.69) is 15.2 Å². The van der Waals surface area contributed by atoms with Gasteiger partial charge >= 0.3 is 6.03 Å². The van der Waals surface area contributed by atoms with Gasteiger partial charge in [0.15, 0.2) is 11.5 Å². The van der Waals surface area contributed by atoms with E-state index in [0.717, 1.165) is 42.9 Å². The second kappa shape index (κ2) is 6.48. The van der Waals surface area contributed by atoms with Gasteiger partial charge in [-0.3, -0.25) is 14.6 Å². The van der Waals surface area contributed by atoms with Gasteiger partial charge in [-0.1, -0.05) is 12.1 Å². The van der Waals surface area contributed by atoms with Crippen LogP contribution in [0.15, 0.2) is 28.7 Å². The minimum absolute atomic E-state index is 0.115. The fraction of sp³-hybridized carbons (Fsp3) is 0.500. The maximum Gasteiger partial charge on any atom is 0.324 e. The average molecular weight is 342 g/mol. The number of para-hydroxylation sites is 2. The molecule has 132 valence electrons. The number of nitrogens with zero attached hydrogens (tertiary/aromatic N) is 3. The number of aromatic nitrogens is 1. The summed E-state index contributed by atoms with van der Waals surface area (Å²) in [5.74, 6) is 0.954. The van der Waals surface area contributed by atoms with E-state index in [-0.39, 0.29) is 23.9 Å². The van der Waals surface area contributed by atoms with Crippen molar-refractivity contribution in [3.8, 4) is 0 Å². The van der Waals surface area contributed by atoms with Gasteiger partial charge in [0.1, 0.15) is 5.52 Å². The Kier molecular flexibility index (Phi) is 4.17. The molecule has 0 radical (unpaired) electrons. The molecule has 1 unspecified atom stereocenters. The van der Waals surface area contributed by atoms with Crippen molar-refractivity contribution in [3.05, 3.63) is 30.2 Å². The first-order valence-corrected chi connectivity index (χ1v) is 8.82. The number of rotatable bonds is 3. The molecular formula is C18H22N4O3. The van der Waals surface area contributed by atoms with Gasteiger partial charge in [-0.15, -0.1) is 0 Å². The minimum Gasteiger partial charge on any atom is -0.440 e. The van der Waals surface area contributed by atoms with Crippen LogP contribution in [0.5, 0.6) is 0 Å². The molecule has 2 saturated heterocycles. The van der Waals surface area contributed by atoms with Crippen LogP contribution in [0.3, 0.4) is 0 Å². The van der Waals surface area contributed by atoms with Crippen molar-refractivity contribution in [2.45, 2.75) is 31.7 Å². The number of benzene rings is 1. The summed E-state index contributed by atoms with van der Waals surface area (Å²) in [5, 5.41) is 2.68. The van der Waals surface area contributed by atoms with Gasteiger partial charge in [0.2, 0.25) is 5.91 Å². The number of oxazole rings is 1. The second-order valence-corrected chi connectivity index (χ2v) is 6.73. The highest BCUT2D eigenvalue weighted by molar-refractivity contribution is 5.98. The Labute approximate surface area is 146 Å². The molecule has 1 aromatic carbocycles. The van der Waals surface area contributed by atoms with Crippen molar-refractivity contribution in [2.24, 2.45) is 0 Å². The van der Waals surface area contributed by atoms with E-state index < -0.39 is 0 Å². The van der Waals surface area contributed by atoms with Crippen molar-refractivity contribution >= 4 is 23.0 Å². The third kappa shape index (κ3) is 3.00. The van der Waals surface area contributed by atoms with Crippen LogP contribution in [0.1, 0.15) is 31.6 Å². The summed E-state index contributed by atoms with van der Waals surface area (Å²) in [5.41, 5.74) is 1.71. The Balaban J connectivity index is 1.39. The summed E-state index contributed by atoms with van der Waals surface area (Å²) in [4.78, 5) is 32.3. The molecule has 1 atom stereocenters. The topological polar surface area (TPSA) is 78.7 Å². The second-order valence-electron chi connectivity index (χ2n) is 6.73. The van der Waals surface area contributed by atoms with Gasteiger partial charge in [0.05, 0.1) is 6.04 Å². The number of carbonyl (C=O) groups excluding carboxylic acids is 2. The lowest BCUT2D eigenvalue weighted by Crippen LogP contribution is -2.50. The van der Waals surface area contributed by atoms with Gasteiger partial charge in [-0.25, -0.2) is 9.78 Å². The molecule has 0 aliphatic carbocycles. The predicted octanol–water partition coefficient (Wildman–Crippen LogP) is 1.95. The van der Waals surface area contributed by atoms with E-state index in [1.807, 2.05) is 31.2 Å². The number of fused-ring (bicyclic) bond motifs is 1. The third-order valence-electron chi connectivity index (χ3n) is 5.22. The summed E-state index contributed by atoms with van der Waals surface area (Å²) in [7, 11) is 0. The Morgan fingerprint density at radius 1 is 1.28 bits per heavy atom. The molecule has 25 heavy (non-hydrogen) atoms. The third-order valence-corrected chi connectivity index (χ3v) is 5.22. The molecule has 7 heteroatoms. The van der Waals surface area contributed by atoms with Gasteiger partial charge in [-0.05, 0) is 45.0 Å². The van der Waals surface area contributed by atoms with E-state index in [9.17, 15) is 9.59 Å². The molecule has 3 amide bonds. The number of amides is 3. The molecule has 2 aliphatic rings. The highest BCUT2D eigenvalue weighted by atomic mass is 16.3. The largest absolute Gasteiger partial charge is 0.440 e. The molecule has 1 N–H and O–H groups in total. The molecule has 0 spiro atoms. The van der Waals surface area contributed by atoms with E-state index >= 15 is 0 Å². The van der Waals surface area contributed by atoms with Gasteiger partial charge in [0.25, 0.3) is 0 Å². The minimum atomic E-state index is -0.284. The van der Waals surface area contributed by atoms with Crippen molar-refractivity contribution in [2.75, 3.05) is 26.2 Å². The number of hydrogen-bond donors (Lipinski definition) is 1. The number of imide groups is 1. The first-order valence-electron chi connectivity index (χ1n) is 8.82. The maximum absolute atomic E-state index is 12.5. The van der Waals surface area contributed by atoms with E-state index in [1.54, 1.807) is 0 Å². The normalized spacial score (nSPS) is 20.8. The Morgan fingerprint density at radius 3 is 2.72 bits per heavy atom. The van der Waals surface area contributed by atoms with Crippen LogP contribution in [-0.2, 0) is 4.79 Å². The van der Waals surface area contributed by atoms with E-state index in [0.29, 0.717) is 13.1 Å². The summed E-state index contributed by atoms with van der Waals surface area (Å²) in [6.45, 7) is 4.48. The number of carbonyl (C=O) groups is 2. The lowest BCUT2D eigenvalue weighted by molar-refractivity contribution is -0.133. The lowest BCUT2D eigenvalue weighted by Gasteiger charge is -2.35. The number of likely N-dealkylation sites (tertiary alicyclic amines) is 1.